The summed E-state index contributed by atoms with van der Waals surface area (Å²) in [6.07, 6.45) is 0.163. The molecule has 1 rings (SSSR count). The number of carbonyl (C=O) groups is 2. The predicted molar refractivity (Wildman–Crippen MR) is 96.1 cm³/mol. The number of ether oxygens (including phenoxy) is 1. The molecule has 0 spiro atoms. The van der Waals surface area contributed by atoms with E-state index in [0.29, 0.717) is 24.2 Å². The summed E-state index contributed by atoms with van der Waals surface area (Å²) in [5, 5.41) is 8.42. The highest BCUT2D eigenvalue weighted by molar-refractivity contribution is 9.10. The Kier molecular flexibility index (Phi) is 12.4. The van der Waals surface area contributed by atoms with Crippen LogP contribution < -0.4 is 16.0 Å². The van der Waals surface area contributed by atoms with Gasteiger partial charge in [-0.2, -0.15) is 0 Å². The number of halogens is 3. The number of nitrogens with one attached hydrogen (secondary N) is 3. The fourth-order valence-electron chi connectivity index (χ4n) is 1.73. The van der Waals surface area contributed by atoms with Crippen LogP contribution in [-0.2, 0) is 9.53 Å². The molecule has 0 bridgehead atoms. The molecule has 0 saturated carbocycles. The van der Waals surface area contributed by atoms with Gasteiger partial charge in [0.1, 0.15) is 5.82 Å². The zero-order chi connectivity index (χ0) is 17.1. The highest BCUT2D eigenvalue weighted by Gasteiger charge is 2.11. The van der Waals surface area contributed by atoms with Crippen LogP contribution in [0.3, 0.4) is 0 Å². The van der Waals surface area contributed by atoms with Gasteiger partial charge >= 0.3 is 0 Å². The number of carbonyl (C=O) groups excluding carboxylic acids is 2. The number of rotatable bonds is 10. The second kappa shape index (κ2) is 13.1. The topological polar surface area (TPSA) is 79.5 Å². The van der Waals surface area contributed by atoms with E-state index in [2.05, 4.69) is 31.9 Å². The quantitative estimate of drug-likeness (QED) is 0.495. The predicted octanol–water partition coefficient (Wildman–Crippen LogP) is 1.48. The zero-order valence-corrected chi connectivity index (χ0v) is 15.8. The third-order valence-electron chi connectivity index (χ3n) is 2.92. The van der Waals surface area contributed by atoms with Crippen molar-refractivity contribution in [1.82, 2.24) is 16.0 Å². The first-order valence-electron chi connectivity index (χ1n) is 7.24. The first kappa shape index (κ1) is 22.8. The number of amides is 2. The first-order chi connectivity index (χ1) is 11.0. The van der Waals surface area contributed by atoms with E-state index in [9.17, 15) is 14.0 Å². The molecule has 9 heteroatoms. The number of hydrogen-bond acceptors (Lipinski definition) is 4. The van der Waals surface area contributed by atoms with Crippen LogP contribution in [0.5, 0.6) is 0 Å². The molecule has 24 heavy (non-hydrogen) atoms. The lowest BCUT2D eigenvalue weighted by molar-refractivity contribution is -0.120. The zero-order valence-electron chi connectivity index (χ0n) is 13.4. The third kappa shape index (κ3) is 9.17. The van der Waals surface area contributed by atoms with Crippen LogP contribution in [0.15, 0.2) is 22.7 Å². The molecule has 0 aliphatic heterocycles. The highest BCUT2D eigenvalue weighted by atomic mass is 79.9. The summed E-state index contributed by atoms with van der Waals surface area (Å²) in [6, 6.07) is 3.87. The summed E-state index contributed by atoms with van der Waals surface area (Å²) in [7, 11) is 1.63. The van der Waals surface area contributed by atoms with Crippen LogP contribution in [0, 0.1) is 5.82 Å². The standard InChI is InChI=1S/C15H21BrFN3O3.ClH/c1-23-9-8-18-6-7-19-14(21)4-5-20-15(22)12-10-11(17)2-3-13(12)16;/h2-3,10,18H,4-9H2,1H3,(H,19,21)(H,20,22);1H. The number of benzene rings is 1. The van der Waals surface area contributed by atoms with Crippen LogP contribution in [-0.4, -0.2) is 51.7 Å². The molecule has 0 unspecified atom stereocenters. The van der Waals surface area contributed by atoms with Crippen LogP contribution in [0.1, 0.15) is 16.8 Å². The van der Waals surface area contributed by atoms with Crippen molar-refractivity contribution in [2.24, 2.45) is 0 Å². The Bertz CT molecular complexity index is 535. The molecule has 0 aliphatic carbocycles. The van der Waals surface area contributed by atoms with Gasteiger partial charge in [-0.05, 0) is 34.1 Å². The van der Waals surface area contributed by atoms with Crippen LogP contribution >= 0.6 is 28.3 Å². The van der Waals surface area contributed by atoms with Crippen molar-refractivity contribution < 1.29 is 18.7 Å². The van der Waals surface area contributed by atoms with Gasteiger partial charge in [0.2, 0.25) is 5.91 Å². The minimum Gasteiger partial charge on any atom is -0.383 e. The molecule has 0 heterocycles. The minimum absolute atomic E-state index is 0. The van der Waals surface area contributed by atoms with E-state index in [0.717, 1.165) is 12.6 Å². The van der Waals surface area contributed by atoms with Gasteiger partial charge in [0.25, 0.3) is 5.91 Å². The molecule has 6 nitrogen and oxygen atoms in total. The summed E-state index contributed by atoms with van der Waals surface area (Å²) in [5.74, 6) is -1.07. The lowest BCUT2D eigenvalue weighted by atomic mass is 10.2. The largest absolute Gasteiger partial charge is 0.383 e. The van der Waals surface area contributed by atoms with Crippen molar-refractivity contribution in [3.63, 3.8) is 0 Å². The van der Waals surface area contributed by atoms with E-state index in [1.165, 1.54) is 12.1 Å². The number of methoxy groups -OCH3 is 1. The van der Waals surface area contributed by atoms with Crippen molar-refractivity contribution >= 4 is 40.2 Å². The second-order valence-corrected chi connectivity index (χ2v) is 5.58. The maximum Gasteiger partial charge on any atom is 0.252 e. The summed E-state index contributed by atoms with van der Waals surface area (Å²) < 4.78 is 18.5. The first-order valence-corrected chi connectivity index (χ1v) is 8.03. The summed E-state index contributed by atoms with van der Waals surface area (Å²) in [4.78, 5) is 23.5. The number of hydrogen-bond donors (Lipinski definition) is 3. The molecule has 0 atom stereocenters. The average Bonchev–Trinajstić information content (AvgIpc) is 2.53. The van der Waals surface area contributed by atoms with E-state index >= 15 is 0 Å². The Morgan fingerprint density at radius 2 is 1.92 bits per heavy atom. The average molecular weight is 427 g/mol. The fourth-order valence-corrected chi connectivity index (χ4v) is 2.16. The summed E-state index contributed by atoms with van der Waals surface area (Å²) in [6.45, 7) is 2.69. The molecule has 0 fully saturated rings. The molecule has 1 aromatic carbocycles. The SMILES string of the molecule is COCCNCCNC(=O)CCNC(=O)c1cc(F)ccc1Br.Cl. The van der Waals surface area contributed by atoms with Crippen molar-refractivity contribution in [3.05, 3.63) is 34.1 Å². The Hall–Kier alpha value is -1.22. The van der Waals surface area contributed by atoms with E-state index in [1.807, 2.05) is 0 Å². The van der Waals surface area contributed by atoms with E-state index in [-0.39, 0.29) is 36.8 Å². The van der Waals surface area contributed by atoms with Crippen molar-refractivity contribution in [2.45, 2.75) is 6.42 Å². The molecule has 0 radical (unpaired) electrons. The van der Waals surface area contributed by atoms with Gasteiger partial charge in [-0.15, -0.1) is 12.4 Å². The third-order valence-corrected chi connectivity index (χ3v) is 3.61. The second-order valence-electron chi connectivity index (χ2n) is 4.72. The monoisotopic (exact) mass is 425 g/mol. The Morgan fingerprint density at radius 3 is 2.62 bits per heavy atom. The fraction of sp³-hybridized carbons (Fsp3) is 0.467. The van der Waals surface area contributed by atoms with Gasteiger partial charge in [0, 0.05) is 44.2 Å². The lowest BCUT2D eigenvalue weighted by Crippen LogP contribution is -2.35. The van der Waals surface area contributed by atoms with E-state index < -0.39 is 11.7 Å². The summed E-state index contributed by atoms with van der Waals surface area (Å²) >= 11 is 3.19. The Balaban J connectivity index is 0.00000529. The van der Waals surface area contributed by atoms with Gasteiger partial charge < -0.3 is 20.7 Å². The molecule has 0 aromatic heterocycles. The highest BCUT2D eigenvalue weighted by Crippen LogP contribution is 2.17. The van der Waals surface area contributed by atoms with E-state index in [4.69, 9.17) is 4.74 Å². The summed E-state index contributed by atoms with van der Waals surface area (Å²) in [5.41, 5.74) is 0.202. The normalized spacial score (nSPS) is 9.96. The van der Waals surface area contributed by atoms with Gasteiger partial charge in [-0.3, -0.25) is 9.59 Å². The van der Waals surface area contributed by atoms with Gasteiger partial charge in [-0.1, -0.05) is 0 Å². The molecule has 3 N–H and O–H groups in total. The van der Waals surface area contributed by atoms with Crippen molar-refractivity contribution in [3.8, 4) is 0 Å². The Morgan fingerprint density at radius 1 is 1.17 bits per heavy atom. The van der Waals surface area contributed by atoms with Crippen LogP contribution in [0.25, 0.3) is 0 Å². The maximum atomic E-state index is 13.1. The van der Waals surface area contributed by atoms with Crippen LogP contribution in [0.2, 0.25) is 0 Å². The van der Waals surface area contributed by atoms with Gasteiger partial charge in [-0.25, -0.2) is 4.39 Å². The van der Waals surface area contributed by atoms with Gasteiger partial charge in [0.05, 0.1) is 12.2 Å². The molecule has 2 amide bonds. The Labute approximate surface area is 155 Å². The molecular weight excluding hydrogens is 405 g/mol. The smallest absolute Gasteiger partial charge is 0.252 e. The molecular formula is C15H22BrClFN3O3. The van der Waals surface area contributed by atoms with Gasteiger partial charge in [0.15, 0.2) is 0 Å². The minimum atomic E-state index is -0.489. The van der Waals surface area contributed by atoms with Crippen LogP contribution in [0.4, 0.5) is 4.39 Å². The van der Waals surface area contributed by atoms with Crippen molar-refractivity contribution in [2.75, 3.05) is 39.9 Å². The van der Waals surface area contributed by atoms with E-state index in [1.54, 1.807) is 7.11 Å². The molecule has 0 aliphatic rings. The lowest BCUT2D eigenvalue weighted by Gasteiger charge is -2.08. The van der Waals surface area contributed by atoms with Crippen molar-refractivity contribution in [1.29, 1.82) is 0 Å². The molecule has 1 aromatic rings. The molecule has 136 valence electrons. The maximum absolute atomic E-state index is 13.1. The molecule has 0 saturated heterocycles.